The molecule has 0 saturated heterocycles. The average Bonchev–Trinajstić information content (AvgIpc) is 2.39. The van der Waals surface area contributed by atoms with Gasteiger partial charge in [-0.05, 0) is 42.8 Å². The van der Waals surface area contributed by atoms with E-state index in [0.717, 1.165) is 0 Å². The van der Waals surface area contributed by atoms with E-state index in [2.05, 4.69) is 0 Å². The van der Waals surface area contributed by atoms with Crippen LogP contribution in [0.2, 0.25) is 0 Å². The minimum atomic E-state index is -0.390. The predicted molar refractivity (Wildman–Crippen MR) is 68.4 cm³/mol. The van der Waals surface area contributed by atoms with Crippen LogP contribution >= 0.6 is 0 Å². The Bertz CT molecular complexity index is 582. The van der Waals surface area contributed by atoms with Crippen LogP contribution in [0, 0.1) is 18.6 Å². The fraction of sp³-hybridized carbons (Fsp3) is 0.200. The van der Waals surface area contributed by atoms with E-state index in [9.17, 15) is 8.78 Å². The summed E-state index contributed by atoms with van der Waals surface area (Å²) in [5.74, 6) is 0.287. The van der Waals surface area contributed by atoms with Gasteiger partial charge in [-0.25, -0.2) is 8.78 Å². The first-order valence-corrected chi connectivity index (χ1v) is 5.81. The van der Waals surface area contributed by atoms with Crippen LogP contribution in [0.5, 0.6) is 11.5 Å². The van der Waals surface area contributed by atoms with Gasteiger partial charge in [0, 0.05) is 11.6 Å². The monoisotopic (exact) mass is 264 g/mol. The highest BCUT2D eigenvalue weighted by Crippen LogP contribution is 2.22. The number of benzene rings is 2. The Morgan fingerprint density at radius 3 is 2.47 bits per heavy atom. The maximum absolute atomic E-state index is 13.7. The van der Waals surface area contributed by atoms with Gasteiger partial charge in [0.15, 0.2) is 0 Å². The van der Waals surface area contributed by atoms with E-state index in [1.807, 2.05) is 0 Å². The Balaban J connectivity index is 2.10. The number of halogens is 2. The van der Waals surface area contributed by atoms with Gasteiger partial charge >= 0.3 is 0 Å². The van der Waals surface area contributed by atoms with Crippen LogP contribution in [0.15, 0.2) is 36.4 Å². The smallest absolute Gasteiger partial charge is 0.133 e. The first-order valence-electron chi connectivity index (χ1n) is 5.81. The molecular formula is C15H14F2O2. The second-order valence-corrected chi connectivity index (χ2v) is 4.16. The fourth-order valence-electron chi connectivity index (χ4n) is 1.70. The van der Waals surface area contributed by atoms with Crippen LogP contribution in [-0.2, 0) is 6.61 Å². The molecule has 0 bridgehead atoms. The van der Waals surface area contributed by atoms with E-state index >= 15 is 0 Å². The Kier molecular flexibility index (Phi) is 4.00. The van der Waals surface area contributed by atoms with Gasteiger partial charge in [0.2, 0.25) is 0 Å². The second-order valence-electron chi connectivity index (χ2n) is 4.16. The third-order valence-corrected chi connectivity index (χ3v) is 2.78. The minimum absolute atomic E-state index is 0.0856. The summed E-state index contributed by atoms with van der Waals surface area (Å²) in [6, 6.07) is 8.79. The van der Waals surface area contributed by atoms with Crippen molar-refractivity contribution in [2.45, 2.75) is 13.5 Å². The highest BCUT2D eigenvalue weighted by Gasteiger charge is 2.06. The molecule has 0 aliphatic carbocycles. The van der Waals surface area contributed by atoms with Crippen LogP contribution in [0.1, 0.15) is 11.1 Å². The maximum atomic E-state index is 13.7. The number of rotatable bonds is 4. The molecule has 100 valence electrons. The molecule has 19 heavy (non-hydrogen) atoms. The van der Waals surface area contributed by atoms with Crippen molar-refractivity contribution in [2.75, 3.05) is 7.11 Å². The van der Waals surface area contributed by atoms with Crippen molar-refractivity contribution in [3.63, 3.8) is 0 Å². The topological polar surface area (TPSA) is 18.5 Å². The lowest BCUT2D eigenvalue weighted by Gasteiger charge is -2.10. The molecule has 0 fully saturated rings. The number of methoxy groups -OCH3 is 1. The predicted octanol–water partition coefficient (Wildman–Crippen LogP) is 3.86. The van der Waals surface area contributed by atoms with E-state index < -0.39 is 0 Å². The van der Waals surface area contributed by atoms with Gasteiger partial charge in [-0.3, -0.25) is 0 Å². The van der Waals surface area contributed by atoms with E-state index in [-0.39, 0.29) is 18.2 Å². The molecule has 0 aliphatic heterocycles. The van der Waals surface area contributed by atoms with Crippen LogP contribution in [0.3, 0.4) is 0 Å². The second kappa shape index (κ2) is 5.69. The van der Waals surface area contributed by atoms with Crippen molar-refractivity contribution in [3.05, 3.63) is 59.2 Å². The van der Waals surface area contributed by atoms with Gasteiger partial charge in [0.1, 0.15) is 29.7 Å². The lowest BCUT2D eigenvalue weighted by molar-refractivity contribution is 0.296. The summed E-state index contributed by atoms with van der Waals surface area (Å²) in [6.07, 6.45) is 0. The molecule has 4 heteroatoms. The van der Waals surface area contributed by atoms with Crippen LogP contribution in [-0.4, -0.2) is 7.11 Å². The molecule has 0 aromatic heterocycles. The Hall–Kier alpha value is -2.10. The summed E-state index contributed by atoms with van der Waals surface area (Å²) in [7, 11) is 1.48. The first-order chi connectivity index (χ1) is 9.10. The van der Waals surface area contributed by atoms with E-state index in [1.54, 1.807) is 19.1 Å². The molecule has 2 aromatic carbocycles. The van der Waals surface area contributed by atoms with Crippen molar-refractivity contribution in [1.29, 1.82) is 0 Å². The molecule has 0 saturated carbocycles. The highest BCUT2D eigenvalue weighted by molar-refractivity contribution is 5.33. The van der Waals surface area contributed by atoms with Crippen molar-refractivity contribution in [3.8, 4) is 11.5 Å². The summed E-state index contributed by atoms with van der Waals surface area (Å²) in [5.41, 5.74) is 1.10. The third kappa shape index (κ3) is 3.22. The summed E-state index contributed by atoms with van der Waals surface area (Å²) >= 11 is 0. The van der Waals surface area contributed by atoms with Crippen molar-refractivity contribution in [2.24, 2.45) is 0 Å². The van der Waals surface area contributed by atoms with Crippen LogP contribution in [0.25, 0.3) is 0 Å². The van der Waals surface area contributed by atoms with Gasteiger partial charge < -0.3 is 9.47 Å². The molecule has 0 heterocycles. The molecular weight excluding hydrogens is 250 g/mol. The van der Waals surface area contributed by atoms with Crippen molar-refractivity contribution in [1.82, 2.24) is 0 Å². The molecule has 0 atom stereocenters. The number of ether oxygens (including phenoxy) is 2. The Labute approximate surface area is 110 Å². The molecule has 0 N–H and O–H groups in total. The van der Waals surface area contributed by atoms with Crippen LogP contribution in [0.4, 0.5) is 8.78 Å². The van der Waals surface area contributed by atoms with Gasteiger partial charge in [0.25, 0.3) is 0 Å². The third-order valence-electron chi connectivity index (χ3n) is 2.78. The Morgan fingerprint density at radius 1 is 1.05 bits per heavy atom. The average molecular weight is 264 g/mol. The SMILES string of the molecule is COc1ccc(COc2ccc(F)cc2C)c(F)c1. The van der Waals surface area contributed by atoms with Crippen molar-refractivity contribution >= 4 is 0 Å². The van der Waals surface area contributed by atoms with E-state index in [1.165, 1.54) is 31.4 Å². The molecule has 0 spiro atoms. The zero-order valence-corrected chi connectivity index (χ0v) is 10.7. The molecule has 2 nitrogen and oxygen atoms in total. The normalized spacial score (nSPS) is 10.3. The summed E-state index contributed by atoms with van der Waals surface area (Å²) in [6.45, 7) is 1.82. The summed E-state index contributed by atoms with van der Waals surface area (Å²) < 4.78 is 37.0. The zero-order valence-electron chi connectivity index (χ0n) is 10.7. The standard InChI is InChI=1S/C15H14F2O2/c1-10-7-12(16)4-6-15(10)19-9-11-3-5-13(18-2)8-14(11)17/h3-8H,9H2,1-2H3. The van der Waals surface area contributed by atoms with Crippen LogP contribution < -0.4 is 9.47 Å². The Morgan fingerprint density at radius 2 is 1.84 bits per heavy atom. The molecule has 0 aliphatic rings. The quantitative estimate of drug-likeness (QED) is 0.834. The lowest BCUT2D eigenvalue weighted by Crippen LogP contribution is -2.00. The maximum Gasteiger partial charge on any atom is 0.133 e. The van der Waals surface area contributed by atoms with Gasteiger partial charge in [0.05, 0.1) is 7.11 Å². The van der Waals surface area contributed by atoms with Gasteiger partial charge in [-0.1, -0.05) is 0 Å². The zero-order chi connectivity index (χ0) is 13.8. The van der Waals surface area contributed by atoms with Gasteiger partial charge in [-0.15, -0.1) is 0 Å². The molecule has 0 radical (unpaired) electrons. The number of hydrogen-bond donors (Lipinski definition) is 0. The molecule has 0 unspecified atom stereocenters. The molecule has 0 amide bonds. The van der Waals surface area contributed by atoms with Crippen molar-refractivity contribution < 1.29 is 18.3 Å². The fourth-order valence-corrected chi connectivity index (χ4v) is 1.70. The highest BCUT2D eigenvalue weighted by atomic mass is 19.1. The first kappa shape index (κ1) is 13.3. The minimum Gasteiger partial charge on any atom is -0.497 e. The molecule has 2 rings (SSSR count). The number of aryl methyl sites for hydroxylation is 1. The van der Waals surface area contributed by atoms with E-state index in [4.69, 9.17) is 9.47 Å². The lowest BCUT2D eigenvalue weighted by atomic mass is 10.2. The largest absolute Gasteiger partial charge is 0.497 e. The summed E-state index contributed by atoms with van der Waals surface area (Å²) in [4.78, 5) is 0. The number of hydrogen-bond acceptors (Lipinski definition) is 2. The summed E-state index contributed by atoms with van der Waals surface area (Å²) in [5, 5.41) is 0. The molecule has 2 aromatic rings. The van der Waals surface area contributed by atoms with E-state index in [0.29, 0.717) is 22.6 Å². The van der Waals surface area contributed by atoms with Gasteiger partial charge in [-0.2, -0.15) is 0 Å².